The number of hydrogen-bond acceptors (Lipinski definition) is 4. The number of alkyl halides is 3. The van der Waals surface area contributed by atoms with Gasteiger partial charge in [-0.2, -0.15) is 13.2 Å². The zero-order valence-corrected chi connectivity index (χ0v) is 14.3. The molecule has 0 saturated carbocycles. The second-order valence-electron chi connectivity index (χ2n) is 5.73. The first kappa shape index (κ1) is 18.6. The number of carbonyl (C=O) groups is 1. The van der Waals surface area contributed by atoms with Crippen LogP contribution in [0.5, 0.6) is 5.75 Å². The summed E-state index contributed by atoms with van der Waals surface area (Å²) in [6, 6.07) is 10.9. The van der Waals surface area contributed by atoms with Crippen molar-refractivity contribution in [1.29, 1.82) is 0 Å². The van der Waals surface area contributed by atoms with Gasteiger partial charge in [-0.05, 0) is 54.3 Å². The van der Waals surface area contributed by atoms with Gasteiger partial charge in [0.15, 0.2) is 6.61 Å². The summed E-state index contributed by atoms with van der Waals surface area (Å²) in [5.74, 6) is -0.529. The minimum atomic E-state index is -4.37. The molecular formula is C18H15F3O4S. The van der Waals surface area contributed by atoms with Crippen LogP contribution in [0.1, 0.15) is 29.2 Å². The van der Waals surface area contributed by atoms with Crippen LogP contribution in [-0.4, -0.2) is 17.7 Å². The van der Waals surface area contributed by atoms with E-state index in [-0.39, 0.29) is 0 Å². The molecule has 26 heavy (non-hydrogen) atoms. The van der Waals surface area contributed by atoms with Gasteiger partial charge in [0.05, 0.1) is 5.56 Å². The van der Waals surface area contributed by atoms with Gasteiger partial charge in [-0.25, -0.2) is 4.79 Å². The summed E-state index contributed by atoms with van der Waals surface area (Å²) in [6.07, 6.45) is -3.98. The third kappa shape index (κ3) is 4.31. The molecule has 0 aromatic heterocycles. The minimum Gasteiger partial charge on any atom is -0.486 e. The molecule has 0 bridgehead atoms. The summed E-state index contributed by atoms with van der Waals surface area (Å²) < 4.78 is 50.1. The Morgan fingerprint density at radius 3 is 2.58 bits per heavy atom. The van der Waals surface area contributed by atoms with Gasteiger partial charge in [0.25, 0.3) is 0 Å². The van der Waals surface area contributed by atoms with Crippen LogP contribution < -0.4 is 4.74 Å². The Balaban J connectivity index is 1.68. The van der Waals surface area contributed by atoms with Gasteiger partial charge >= 0.3 is 12.1 Å². The number of carboxylic acids is 1. The number of benzene rings is 2. The summed E-state index contributed by atoms with van der Waals surface area (Å²) in [6.45, 7) is -0.413. The van der Waals surface area contributed by atoms with Crippen molar-refractivity contribution in [3.8, 4) is 5.75 Å². The molecular weight excluding hydrogens is 369 g/mol. The quantitative estimate of drug-likeness (QED) is 0.720. The van der Waals surface area contributed by atoms with Crippen molar-refractivity contribution >= 4 is 18.0 Å². The molecule has 4 nitrogen and oxygen atoms in total. The highest BCUT2D eigenvalue weighted by Gasteiger charge is 2.37. The first-order valence-corrected chi connectivity index (χ1v) is 8.55. The van der Waals surface area contributed by atoms with Crippen LogP contribution in [0.2, 0.25) is 0 Å². The number of rotatable bonds is 6. The molecule has 0 radical (unpaired) electrons. The van der Waals surface area contributed by atoms with E-state index in [0.717, 1.165) is 18.1 Å². The predicted molar refractivity (Wildman–Crippen MR) is 89.0 cm³/mol. The highest BCUT2D eigenvalue weighted by molar-refractivity contribution is 7.94. The Labute approximate surface area is 152 Å². The molecule has 0 fully saturated rings. The van der Waals surface area contributed by atoms with E-state index in [1.807, 2.05) is 0 Å². The Morgan fingerprint density at radius 1 is 1.19 bits per heavy atom. The lowest BCUT2D eigenvalue weighted by Gasteiger charge is -2.16. The molecule has 1 atom stereocenters. The maximum atomic E-state index is 13.1. The van der Waals surface area contributed by atoms with Crippen LogP contribution in [0.3, 0.4) is 0 Å². The molecule has 2 aromatic rings. The zero-order chi connectivity index (χ0) is 18.7. The number of ether oxygens (including phenoxy) is 1. The Morgan fingerprint density at radius 2 is 1.92 bits per heavy atom. The minimum absolute atomic E-state index is 0.305. The molecule has 2 aromatic carbocycles. The van der Waals surface area contributed by atoms with Gasteiger partial charge in [0, 0.05) is 16.9 Å². The summed E-state index contributed by atoms with van der Waals surface area (Å²) in [4.78, 5) is 11.1. The smallest absolute Gasteiger partial charge is 0.416 e. The van der Waals surface area contributed by atoms with Crippen molar-refractivity contribution in [3.63, 3.8) is 0 Å². The molecule has 0 spiro atoms. The topological polar surface area (TPSA) is 55.8 Å². The van der Waals surface area contributed by atoms with E-state index in [4.69, 9.17) is 14.0 Å². The number of hydrogen-bond donors (Lipinski definition) is 1. The molecule has 8 heteroatoms. The molecule has 1 aliphatic carbocycles. The number of fused-ring (bicyclic) bond motifs is 1. The molecule has 0 amide bonds. The van der Waals surface area contributed by atoms with Crippen LogP contribution in [0.15, 0.2) is 47.4 Å². The summed E-state index contributed by atoms with van der Waals surface area (Å²) in [5.41, 5.74) is 0.283. The largest absolute Gasteiger partial charge is 0.486 e. The number of carboxylic acid groups (broad SMARTS) is 1. The molecule has 1 N–H and O–H groups in total. The average Bonchev–Trinajstić information content (AvgIpc) is 2.98. The molecule has 3 rings (SSSR count). The fraction of sp³-hybridized carbons (Fsp3) is 0.278. The normalized spacial score (nSPS) is 16.3. The van der Waals surface area contributed by atoms with Gasteiger partial charge in [0.2, 0.25) is 0 Å². The van der Waals surface area contributed by atoms with Crippen LogP contribution >= 0.6 is 12.0 Å². The Kier molecular flexibility index (Phi) is 5.43. The summed E-state index contributed by atoms with van der Waals surface area (Å²) in [7, 11) is 0. The first-order valence-electron chi connectivity index (χ1n) is 7.81. The Hall–Kier alpha value is -2.19. The van der Waals surface area contributed by atoms with Crippen molar-refractivity contribution in [2.45, 2.75) is 30.0 Å². The third-order valence-electron chi connectivity index (χ3n) is 3.96. The van der Waals surface area contributed by atoms with E-state index in [0.29, 0.717) is 34.6 Å². The van der Waals surface area contributed by atoms with Crippen LogP contribution in [-0.2, 0) is 21.6 Å². The first-order chi connectivity index (χ1) is 12.3. The summed E-state index contributed by atoms with van der Waals surface area (Å²) >= 11 is 0.932. The predicted octanol–water partition coefficient (Wildman–Crippen LogP) is 4.88. The van der Waals surface area contributed by atoms with E-state index in [2.05, 4.69) is 0 Å². The maximum absolute atomic E-state index is 13.1. The third-order valence-corrected chi connectivity index (χ3v) is 4.66. The van der Waals surface area contributed by atoms with Crippen LogP contribution in [0.25, 0.3) is 0 Å². The lowest BCUT2D eigenvalue weighted by molar-refractivity contribution is -0.139. The van der Waals surface area contributed by atoms with Gasteiger partial charge in [-0.3, -0.25) is 4.18 Å². The van der Waals surface area contributed by atoms with Crippen LogP contribution in [0.4, 0.5) is 13.2 Å². The van der Waals surface area contributed by atoms with E-state index < -0.39 is 30.4 Å². The fourth-order valence-electron chi connectivity index (χ4n) is 2.89. The zero-order valence-electron chi connectivity index (χ0n) is 13.5. The lowest BCUT2D eigenvalue weighted by atomic mass is 10.0. The standard InChI is InChI=1S/C18H15F3O4S/c19-18(20,21)15-3-1-2-14-13(15)8-9-16(14)25-11-4-6-12(7-5-11)26-24-10-17(22)23/h1-7,16H,8-10H2,(H,22,23)/t16-/m1/s1. The van der Waals surface area contributed by atoms with E-state index in [1.165, 1.54) is 6.07 Å². The van der Waals surface area contributed by atoms with E-state index in [9.17, 15) is 18.0 Å². The lowest BCUT2D eigenvalue weighted by Crippen LogP contribution is -2.09. The van der Waals surface area contributed by atoms with Gasteiger partial charge in [-0.15, -0.1) is 0 Å². The van der Waals surface area contributed by atoms with Gasteiger partial charge < -0.3 is 9.84 Å². The molecule has 0 heterocycles. The van der Waals surface area contributed by atoms with Crippen molar-refractivity contribution in [1.82, 2.24) is 0 Å². The van der Waals surface area contributed by atoms with Crippen molar-refractivity contribution in [2.24, 2.45) is 0 Å². The van der Waals surface area contributed by atoms with Crippen molar-refractivity contribution in [3.05, 3.63) is 59.2 Å². The monoisotopic (exact) mass is 384 g/mol. The average molecular weight is 384 g/mol. The van der Waals surface area contributed by atoms with Gasteiger partial charge in [-0.1, -0.05) is 12.1 Å². The molecule has 138 valence electrons. The Bertz CT molecular complexity index is 790. The molecule has 0 unspecified atom stereocenters. The van der Waals surface area contributed by atoms with Crippen LogP contribution in [0, 0.1) is 0 Å². The molecule has 1 aliphatic rings. The van der Waals surface area contributed by atoms with Crippen molar-refractivity contribution < 1.29 is 32.0 Å². The number of halogens is 3. The second kappa shape index (κ2) is 7.59. The molecule has 0 saturated heterocycles. The fourth-order valence-corrected chi connectivity index (χ4v) is 3.43. The highest BCUT2D eigenvalue weighted by Crippen LogP contribution is 2.42. The van der Waals surface area contributed by atoms with E-state index >= 15 is 0 Å². The molecule has 0 aliphatic heterocycles. The maximum Gasteiger partial charge on any atom is 0.416 e. The van der Waals surface area contributed by atoms with E-state index in [1.54, 1.807) is 30.3 Å². The number of aliphatic carboxylic acids is 1. The highest BCUT2D eigenvalue weighted by atomic mass is 32.2. The second-order valence-corrected chi connectivity index (χ2v) is 6.60. The summed E-state index contributed by atoms with van der Waals surface area (Å²) in [5, 5.41) is 8.52. The van der Waals surface area contributed by atoms with Gasteiger partial charge in [0.1, 0.15) is 11.9 Å². The SMILES string of the molecule is O=C(O)COSc1ccc(O[C@@H]2CCc3c2cccc3C(F)(F)F)cc1. The van der Waals surface area contributed by atoms with Crippen molar-refractivity contribution in [2.75, 3.05) is 6.61 Å².